The highest BCUT2D eigenvalue weighted by Gasteiger charge is 2.21. The van der Waals surface area contributed by atoms with Gasteiger partial charge in [0.1, 0.15) is 11.4 Å². The second kappa shape index (κ2) is 6.51. The van der Waals surface area contributed by atoms with Gasteiger partial charge in [-0.3, -0.25) is 4.79 Å². The molecule has 0 aliphatic rings. The summed E-state index contributed by atoms with van der Waals surface area (Å²) in [6.07, 6.45) is 0. The standard InChI is InChI=1S/C13H14N4O4/c1-2-20-13(19)12-11(15-17-16-12)8-5-3-4-6-9(8)21-7-10(14)18/h3-6H,2,7H2,1H3,(H2,14,18)(H,15,16,17). The summed E-state index contributed by atoms with van der Waals surface area (Å²) in [6.45, 7) is 1.65. The number of benzene rings is 1. The molecule has 21 heavy (non-hydrogen) atoms. The average Bonchev–Trinajstić information content (AvgIpc) is 2.95. The van der Waals surface area contributed by atoms with Crippen molar-refractivity contribution in [2.75, 3.05) is 13.2 Å². The Balaban J connectivity index is 2.36. The zero-order chi connectivity index (χ0) is 15.2. The number of hydrogen-bond donors (Lipinski definition) is 2. The summed E-state index contributed by atoms with van der Waals surface area (Å²) < 4.78 is 10.2. The van der Waals surface area contributed by atoms with Crippen LogP contribution in [-0.2, 0) is 9.53 Å². The van der Waals surface area contributed by atoms with Crippen LogP contribution in [0.2, 0.25) is 0 Å². The Hall–Kier alpha value is -2.90. The number of nitrogens with one attached hydrogen (secondary N) is 1. The molecule has 8 heteroatoms. The molecule has 0 atom stereocenters. The lowest BCUT2D eigenvalue weighted by Gasteiger charge is -2.09. The molecule has 0 aliphatic heterocycles. The summed E-state index contributed by atoms with van der Waals surface area (Å²) in [7, 11) is 0. The number of aromatic amines is 1. The molecule has 0 radical (unpaired) electrons. The molecule has 110 valence electrons. The molecule has 0 fully saturated rings. The van der Waals surface area contributed by atoms with Crippen LogP contribution in [0.3, 0.4) is 0 Å². The van der Waals surface area contributed by atoms with E-state index in [1.165, 1.54) is 0 Å². The smallest absolute Gasteiger partial charge is 0.361 e. The van der Waals surface area contributed by atoms with Crippen molar-refractivity contribution < 1.29 is 19.1 Å². The van der Waals surface area contributed by atoms with Crippen molar-refractivity contribution in [3.8, 4) is 17.0 Å². The highest BCUT2D eigenvalue weighted by atomic mass is 16.5. The average molecular weight is 290 g/mol. The predicted molar refractivity (Wildman–Crippen MR) is 72.5 cm³/mol. The number of esters is 1. The maximum Gasteiger partial charge on any atom is 0.361 e. The number of amides is 1. The second-order valence-electron chi connectivity index (χ2n) is 3.99. The molecule has 1 amide bonds. The van der Waals surface area contributed by atoms with E-state index in [4.69, 9.17) is 15.2 Å². The van der Waals surface area contributed by atoms with Gasteiger partial charge in [-0.05, 0) is 19.1 Å². The molecule has 1 aromatic carbocycles. The summed E-state index contributed by atoms with van der Waals surface area (Å²) in [6, 6.07) is 6.80. The number of carbonyl (C=O) groups is 2. The maximum absolute atomic E-state index is 11.8. The van der Waals surface area contributed by atoms with Gasteiger partial charge < -0.3 is 15.2 Å². The molecule has 1 heterocycles. The number of aromatic nitrogens is 3. The number of carbonyl (C=O) groups excluding carboxylic acids is 2. The Morgan fingerprint density at radius 2 is 2.05 bits per heavy atom. The van der Waals surface area contributed by atoms with Crippen molar-refractivity contribution in [3.63, 3.8) is 0 Å². The van der Waals surface area contributed by atoms with Crippen molar-refractivity contribution in [2.24, 2.45) is 5.73 Å². The molecule has 0 unspecified atom stereocenters. The third-order valence-corrected chi connectivity index (χ3v) is 2.53. The lowest BCUT2D eigenvalue weighted by Crippen LogP contribution is -2.20. The normalized spacial score (nSPS) is 10.1. The van der Waals surface area contributed by atoms with Crippen molar-refractivity contribution in [1.29, 1.82) is 0 Å². The van der Waals surface area contributed by atoms with Crippen LogP contribution in [0.5, 0.6) is 5.75 Å². The van der Waals surface area contributed by atoms with E-state index in [9.17, 15) is 9.59 Å². The van der Waals surface area contributed by atoms with E-state index in [1.54, 1.807) is 31.2 Å². The predicted octanol–water partition coefficient (Wildman–Crippen LogP) is 0.512. The highest BCUT2D eigenvalue weighted by Crippen LogP contribution is 2.30. The van der Waals surface area contributed by atoms with Crippen molar-refractivity contribution in [1.82, 2.24) is 15.4 Å². The topological polar surface area (TPSA) is 120 Å². The fourth-order valence-corrected chi connectivity index (χ4v) is 1.70. The number of ether oxygens (including phenoxy) is 2. The first-order valence-electron chi connectivity index (χ1n) is 6.21. The van der Waals surface area contributed by atoms with E-state index in [0.717, 1.165) is 0 Å². The molecule has 0 bridgehead atoms. The monoisotopic (exact) mass is 290 g/mol. The molecule has 2 aromatic rings. The van der Waals surface area contributed by atoms with Crippen LogP contribution in [0.1, 0.15) is 17.4 Å². The molecule has 0 saturated carbocycles. The minimum atomic E-state index is -0.601. The number of hydrogen-bond acceptors (Lipinski definition) is 6. The van der Waals surface area contributed by atoms with Gasteiger partial charge in [0, 0.05) is 5.56 Å². The lowest BCUT2D eigenvalue weighted by molar-refractivity contribution is -0.119. The number of H-pyrrole nitrogens is 1. The molecule has 8 nitrogen and oxygen atoms in total. The summed E-state index contributed by atoms with van der Waals surface area (Å²) in [4.78, 5) is 22.6. The Bertz CT molecular complexity index is 653. The first-order chi connectivity index (χ1) is 10.1. The number of nitrogens with two attached hydrogens (primary N) is 1. The zero-order valence-electron chi connectivity index (χ0n) is 11.3. The van der Waals surface area contributed by atoms with E-state index in [1.807, 2.05) is 0 Å². The van der Waals surface area contributed by atoms with Gasteiger partial charge in [-0.25, -0.2) is 4.79 Å². The number of rotatable bonds is 6. The van der Waals surface area contributed by atoms with E-state index in [0.29, 0.717) is 11.3 Å². The molecule has 0 saturated heterocycles. The van der Waals surface area contributed by atoms with Gasteiger partial charge in [0.25, 0.3) is 5.91 Å². The van der Waals surface area contributed by atoms with Crippen LogP contribution in [-0.4, -0.2) is 40.5 Å². The lowest BCUT2D eigenvalue weighted by atomic mass is 10.1. The number of primary amides is 1. The third kappa shape index (κ3) is 3.35. The van der Waals surface area contributed by atoms with E-state index in [2.05, 4.69) is 15.4 Å². The van der Waals surface area contributed by atoms with Crippen molar-refractivity contribution >= 4 is 11.9 Å². The Labute approximate surface area is 120 Å². The quantitative estimate of drug-likeness (QED) is 0.748. The van der Waals surface area contributed by atoms with Crippen LogP contribution in [0.15, 0.2) is 24.3 Å². The van der Waals surface area contributed by atoms with E-state index >= 15 is 0 Å². The van der Waals surface area contributed by atoms with Crippen LogP contribution >= 0.6 is 0 Å². The van der Waals surface area contributed by atoms with E-state index in [-0.39, 0.29) is 24.6 Å². The molecule has 2 rings (SSSR count). The molecule has 1 aromatic heterocycles. The third-order valence-electron chi connectivity index (χ3n) is 2.53. The first kappa shape index (κ1) is 14.5. The van der Waals surface area contributed by atoms with Gasteiger partial charge >= 0.3 is 5.97 Å². The fourth-order valence-electron chi connectivity index (χ4n) is 1.70. The summed E-state index contributed by atoms with van der Waals surface area (Å²) in [5.41, 5.74) is 5.90. The Morgan fingerprint density at radius 1 is 1.29 bits per heavy atom. The second-order valence-corrected chi connectivity index (χ2v) is 3.99. The SMILES string of the molecule is CCOC(=O)c1n[nH]nc1-c1ccccc1OCC(N)=O. The zero-order valence-corrected chi connectivity index (χ0v) is 11.3. The van der Waals surface area contributed by atoms with Crippen LogP contribution in [0.25, 0.3) is 11.3 Å². The van der Waals surface area contributed by atoms with Gasteiger partial charge in [0.15, 0.2) is 12.3 Å². The molecular formula is C13H14N4O4. The summed E-state index contributed by atoms with van der Waals surface area (Å²) in [5, 5.41) is 10.1. The first-order valence-corrected chi connectivity index (χ1v) is 6.21. The van der Waals surface area contributed by atoms with Crippen LogP contribution in [0, 0.1) is 0 Å². The fraction of sp³-hybridized carbons (Fsp3) is 0.231. The maximum atomic E-state index is 11.8. The van der Waals surface area contributed by atoms with Gasteiger partial charge in [-0.2, -0.15) is 10.3 Å². The largest absolute Gasteiger partial charge is 0.483 e. The summed E-state index contributed by atoms with van der Waals surface area (Å²) in [5.74, 6) is -0.822. The van der Waals surface area contributed by atoms with Gasteiger partial charge in [0.05, 0.1) is 6.61 Å². The molecule has 0 spiro atoms. The Morgan fingerprint density at radius 3 is 2.76 bits per heavy atom. The minimum Gasteiger partial charge on any atom is -0.483 e. The van der Waals surface area contributed by atoms with Crippen molar-refractivity contribution in [3.05, 3.63) is 30.0 Å². The molecular weight excluding hydrogens is 276 g/mol. The number of para-hydroxylation sites is 1. The van der Waals surface area contributed by atoms with Gasteiger partial charge in [0.2, 0.25) is 0 Å². The van der Waals surface area contributed by atoms with Gasteiger partial charge in [-0.15, -0.1) is 5.10 Å². The van der Waals surface area contributed by atoms with Gasteiger partial charge in [-0.1, -0.05) is 12.1 Å². The molecule has 3 N–H and O–H groups in total. The minimum absolute atomic E-state index is 0.0481. The van der Waals surface area contributed by atoms with Crippen LogP contribution < -0.4 is 10.5 Å². The summed E-state index contributed by atoms with van der Waals surface area (Å²) >= 11 is 0. The number of nitrogens with zero attached hydrogens (tertiary/aromatic N) is 2. The molecule has 0 aliphatic carbocycles. The van der Waals surface area contributed by atoms with Crippen LogP contribution in [0.4, 0.5) is 0 Å². The highest BCUT2D eigenvalue weighted by molar-refractivity contribution is 5.94. The van der Waals surface area contributed by atoms with Crippen molar-refractivity contribution in [2.45, 2.75) is 6.92 Å². The van der Waals surface area contributed by atoms with E-state index < -0.39 is 11.9 Å². The Kier molecular flexibility index (Phi) is 4.50.